The van der Waals surface area contributed by atoms with Gasteiger partial charge in [-0.3, -0.25) is 9.69 Å². The van der Waals surface area contributed by atoms with Gasteiger partial charge in [0.1, 0.15) is 5.75 Å². The molecule has 4 nitrogen and oxygen atoms in total. The van der Waals surface area contributed by atoms with E-state index < -0.39 is 0 Å². The molecule has 1 amide bonds. The molecule has 1 aliphatic heterocycles. The van der Waals surface area contributed by atoms with Crippen LogP contribution in [-0.4, -0.2) is 42.1 Å². The van der Waals surface area contributed by atoms with Gasteiger partial charge in [-0.25, -0.2) is 0 Å². The van der Waals surface area contributed by atoms with Gasteiger partial charge in [0, 0.05) is 29.7 Å². The van der Waals surface area contributed by atoms with Gasteiger partial charge in [-0.1, -0.05) is 11.6 Å². The molecule has 0 radical (unpaired) electrons. The van der Waals surface area contributed by atoms with Crippen molar-refractivity contribution in [2.45, 2.75) is 38.8 Å². The third kappa shape index (κ3) is 4.90. The van der Waals surface area contributed by atoms with Crippen LogP contribution < -0.4 is 10.1 Å². The molecule has 2 rings (SSSR count). The monoisotopic (exact) mass is 310 g/mol. The highest BCUT2D eigenvalue weighted by Gasteiger charge is 2.30. The zero-order valence-corrected chi connectivity index (χ0v) is 13.6. The Kier molecular flexibility index (Phi) is 5.12. The number of carbonyl (C=O) groups excluding carboxylic acids is 1. The van der Waals surface area contributed by atoms with Crippen molar-refractivity contribution in [3.63, 3.8) is 0 Å². The molecule has 21 heavy (non-hydrogen) atoms. The Morgan fingerprint density at radius 2 is 2.05 bits per heavy atom. The average molecular weight is 311 g/mol. The first-order valence-electron chi connectivity index (χ1n) is 7.27. The van der Waals surface area contributed by atoms with Crippen LogP contribution in [0.4, 0.5) is 0 Å². The maximum atomic E-state index is 11.9. The number of nitrogens with one attached hydrogen (secondary N) is 1. The minimum absolute atomic E-state index is 0.0354. The maximum absolute atomic E-state index is 11.9. The number of hydrogen-bond donors (Lipinski definition) is 1. The quantitative estimate of drug-likeness (QED) is 0.929. The lowest BCUT2D eigenvalue weighted by molar-refractivity contribution is -0.123. The van der Waals surface area contributed by atoms with Crippen molar-refractivity contribution < 1.29 is 9.53 Å². The number of ether oxygens (including phenoxy) is 1. The lowest BCUT2D eigenvalue weighted by Crippen LogP contribution is -2.44. The van der Waals surface area contributed by atoms with Crippen LogP contribution in [-0.2, 0) is 4.79 Å². The first-order chi connectivity index (χ1) is 9.84. The number of carbonyl (C=O) groups is 1. The number of nitrogens with zero attached hydrogens (tertiary/aromatic N) is 1. The van der Waals surface area contributed by atoms with Crippen molar-refractivity contribution in [1.82, 2.24) is 10.2 Å². The molecule has 1 fully saturated rings. The summed E-state index contributed by atoms with van der Waals surface area (Å²) >= 11 is 5.80. The van der Waals surface area contributed by atoms with E-state index in [1.165, 1.54) is 0 Å². The van der Waals surface area contributed by atoms with Crippen LogP contribution in [0.1, 0.15) is 27.2 Å². The highest BCUT2D eigenvalue weighted by molar-refractivity contribution is 6.30. The summed E-state index contributed by atoms with van der Waals surface area (Å²) in [5, 5.41) is 3.68. The van der Waals surface area contributed by atoms with Gasteiger partial charge in [-0.15, -0.1) is 0 Å². The lowest BCUT2D eigenvalue weighted by atomic mass is 10.1. The van der Waals surface area contributed by atoms with Crippen LogP contribution in [0.5, 0.6) is 5.75 Å². The van der Waals surface area contributed by atoms with E-state index >= 15 is 0 Å². The summed E-state index contributed by atoms with van der Waals surface area (Å²) < 4.78 is 5.44. The van der Waals surface area contributed by atoms with Gasteiger partial charge < -0.3 is 10.1 Å². The Hall–Kier alpha value is -1.26. The van der Waals surface area contributed by atoms with Crippen LogP contribution in [0.15, 0.2) is 24.3 Å². The van der Waals surface area contributed by atoms with Crippen LogP contribution >= 0.6 is 11.6 Å². The minimum Gasteiger partial charge on any atom is -0.484 e. The van der Waals surface area contributed by atoms with E-state index in [-0.39, 0.29) is 24.1 Å². The lowest BCUT2D eigenvalue weighted by Gasteiger charge is -2.31. The smallest absolute Gasteiger partial charge is 0.258 e. The van der Waals surface area contributed by atoms with E-state index in [1.807, 2.05) is 0 Å². The number of benzene rings is 1. The standard InChI is InChI=1S/C16H23ClN2O2/c1-16(2,3)19-9-8-13(10-19)18-15(20)11-21-14-6-4-12(17)5-7-14/h4-7,13H,8-11H2,1-3H3,(H,18,20)/t13-/m0/s1. The number of likely N-dealkylation sites (tertiary alicyclic amines) is 1. The fraction of sp³-hybridized carbons (Fsp3) is 0.562. The van der Waals surface area contributed by atoms with Gasteiger partial charge in [-0.05, 0) is 51.5 Å². The Morgan fingerprint density at radius 1 is 1.38 bits per heavy atom. The second kappa shape index (κ2) is 6.67. The van der Waals surface area contributed by atoms with E-state index in [4.69, 9.17) is 16.3 Å². The molecule has 1 N–H and O–H groups in total. The highest BCUT2D eigenvalue weighted by Crippen LogP contribution is 2.20. The molecule has 1 aromatic rings. The topological polar surface area (TPSA) is 41.6 Å². The van der Waals surface area contributed by atoms with Crippen molar-refractivity contribution >= 4 is 17.5 Å². The van der Waals surface area contributed by atoms with Crippen molar-refractivity contribution in [1.29, 1.82) is 0 Å². The summed E-state index contributed by atoms with van der Waals surface area (Å²) in [6, 6.07) is 7.21. The molecule has 1 heterocycles. The van der Waals surface area contributed by atoms with E-state index in [0.717, 1.165) is 19.5 Å². The second-order valence-corrected chi connectivity index (χ2v) is 6.85. The van der Waals surface area contributed by atoms with E-state index in [9.17, 15) is 4.79 Å². The van der Waals surface area contributed by atoms with Gasteiger partial charge in [0.05, 0.1) is 0 Å². The van der Waals surface area contributed by atoms with Crippen molar-refractivity contribution in [3.05, 3.63) is 29.3 Å². The third-order valence-electron chi connectivity index (χ3n) is 3.69. The molecule has 0 bridgehead atoms. The predicted octanol–water partition coefficient (Wildman–Crippen LogP) is 2.71. The molecule has 1 saturated heterocycles. The molecule has 0 spiro atoms. The number of amides is 1. The largest absolute Gasteiger partial charge is 0.484 e. The molecule has 0 aromatic heterocycles. The minimum atomic E-state index is -0.0780. The zero-order chi connectivity index (χ0) is 15.5. The van der Waals surface area contributed by atoms with Crippen molar-refractivity contribution in [2.24, 2.45) is 0 Å². The molecule has 0 aliphatic carbocycles. The van der Waals surface area contributed by atoms with Gasteiger partial charge in [0.25, 0.3) is 5.91 Å². The van der Waals surface area contributed by atoms with E-state index in [0.29, 0.717) is 10.8 Å². The van der Waals surface area contributed by atoms with Gasteiger partial charge in [0.2, 0.25) is 0 Å². The fourth-order valence-corrected chi connectivity index (χ4v) is 2.56. The van der Waals surface area contributed by atoms with Crippen LogP contribution in [0, 0.1) is 0 Å². The molecule has 0 unspecified atom stereocenters. The summed E-state index contributed by atoms with van der Waals surface area (Å²) in [6.07, 6.45) is 0.990. The molecular weight excluding hydrogens is 288 g/mol. The van der Waals surface area contributed by atoms with Gasteiger partial charge in [-0.2, -0.15) is 0 Å². The molecule has 1 aromatic carbocycles. The number of rotatable bonds is 4. The van der Waals surface area contributed by atoms with E-state index in [2.05, 4.69) is 31.0 Å². The normalized spacial score (nSPS) is 19.5. The van der Waals surface area contributed by atoms with E-state index in [1.54, 1.807) is 24.3 Å². The predicted molar refractivity (Wildman–Crippen MR) is 84.8 cm³/mol. The number of halogens is 1. The Labute approximate surface area is 131 Å². The first-order valence-corrected chi connectivity index (χ1v) is 7.65. The summed E-state index contributed by atoms with van der Waals surface area (Å²) in [7, 11) is 0. The van der Waals surface area contributed by atoms with Crippen LogP contribution in [0.2, 0.25) is 5.02 Å². The van der Waals surface area contributed by atoms with Gasteiger partial charge in [0.15, 0.2) is 6.61 Å². The molecule has 0 saturated carbocycles. The van der Waals surface area contributed by atoms with Gasteiger partial charge >= 0.3 is 0 Å². The fourth-order valence-electron chi connectivity index (χ4n) is 2.44. The Bertz CT molecular complexity index is 482. The summed E-state index contributed by atoms with van der Waals surface area (Å²) in [6.45, 7) is 8.54. The second-order valence-electron chi connectivity index (χ2n) is 6.41. The molecular formula is C16H23ClN2O2. The maximum Gasteiger partial charge on any atom is 0.258 e. The summed E-state index contributed by atoms with van der Waals surface area (Å²) in [5.41, 5.74) is 0.152. The Morgan fingerprint density at radius 3 is 2.62 bits per heavy atom. The zero-order valence-electron chi connectivity index (χ0n) is 12.9. The van der Waals surface area contributed by atoms with Crippen LogP contribution in [0.25, 0.3) is 0 Å². The Balaban J connectivity index is 1.74. The number of hydrogen-bond acceptors (Lipinski definition) is 3. The first kappa shape index (κ1) is 16.1. The van der Waals surface area contributed by atoms with Crippen molar-refractivity contribution in [3.8, 4) is 5.75 Å². The SMILES string of the molecule is CC(C)(C)N1CC[C@H](NC(=O)COc2ccc(Cl)cc2)C1. The molecule has 5 heteroatoms. The molecule has 116 valence electrons. The molecule has 1 atom stereocenters. The summed E-state index contributed by atoms with van der Waals surface area (Å²) in [4.78, 5) is 14.3. The third-order valence-corrected chi connectivity index (χ3v) is 3.94. The average Bonchev–Trinajstić information content (AvgIpc) is 2.86. The highest BCUT2D eigenvalue weighted by atomic mass is 35.5. The summed E-state index contributed by atoms with van der Waals surface area (Å²) in [5.74, 6) is 0.572. The van der Waals surface area contributed by atoms with Crippen molar-refractivity contribution in [2.75, 3.05) is 19.7 Å². The molecule has 1 aliphatic rings. The van der Waals surface area contributed by atoms with Crippen LogP contribution in [0.3, 0.4) is 0 Å².